The number of benzene rings is 1. The lowest BCUT2D eigenvalue weighted by molar-refractivity contribution is -0.0114. The van der Waals surface area contributed by atoms with Gasteiger partial charge in [-0.3, -0.25) is 9.97 Å². The number of nitrogens with zero attached hydrogens (tertiary/aromatic N) is 2. The Hall–Kier alpha value is -2.38. The lowest BCUT2D eigenvalue weighted by atomic mass is 9.53. The molecule has 2 aliphatic rings. The van der Waals surface area contributed by atoms with Crippen LogP contribution in [-0.2, 0) is 18.4 Å². The van der Waals surface area contributed by atoms with Crippen molar-refractivity contribution in [3.63, 3.8) is 0 Å². The molecule has 4 nitrogen and oxygen atoms in total. The largest absolute Gasteiger partial charge is 0.487 e. The second kappa shape index (κ2) is 8.78. The predicted octanol–water partition coefficient (Wildman–Crippen LogP) is 4.98. The molecule has 0 spiro atoms. The van der Waals surface area contributed by atoms with E-state index in [2.05, 4.69) is 46.9 Å². The van der Waals surface area contributed by atoms with Gasteiger partial charge in [0.15, 0.2) is 0 Å². The Labute approximate surface area is 180 Å². The first-order valence-electron chi connectivity index (χ1n) is 11.3. The molecule has 158 valence electrons. The van der Waals surface area contributed by atoms with Crippen LogP contribution in [-0.4, -0.2) is 20.7 Å². The zero-order valence-electron chi connectivity index (χ0n) is 18.2. The molecule has 2 aromatic rings. The molecule has 1 saturated carbocycles. The van der Waals surface area contributed by atoms with Gasteiger partial charge in [0.25, 0.3) is 0 Å². The molecule has 4 heteroatoms. The van der Waals surface area contributed by atoms with Crippen molar-refractivity contribution in [1.29, 1.82) is 0 Å². The highest BCUT2D eigenvalue weighted by atomic mass is 16.5. The van der Waals surface area contributed by atoms with Crippen molar-refractivity contribution in [1.82, 2.24) is 9.97 Å². The summed E-state index contributed by atoms with van der Waals surface area (Å²) < 4.78 is 6.01. The molecule has 30 heavy (non-hydrogen) atoms. The van der Waals surface area contributed by atoms with Crippen LogP contribution in [0.3, 0.4) is 0 Å². The molecule has 1 aromatic heterocycles. The van der Waals surface area contributed by atoms with Crippen LogP contribution in [0.2, 0.25) is 0 Å². The van der Waals surface area contributed by atoms with Gasteiger partial charge in [-0.15, -0.1) is 5.92 Å². The second-order valence-electron chi connectivity index (χ2n) is 8.91. The molecule has 0 bridgehead atoms. The van der Waals surface area contributed by atoms with Crippen LogP contribution in [0.15, 0.2) is 36.8 Å². The van der Waals surface area contributed by atoms with Crippen LogP contribution < -0.4 is 4.74 Å². The molecule has 0 saturated heterocycles. The van der Waals surface area contributed by atoms with Crippen molar-refractivity contribution in [3.8, 4) is 17.6 Å². The molecule has 0 unspecified atom stereocenters. The van der Waals surface area contributed by atoms with E-state index in [4.69, 9.17) is 4.74 Å². The molecule has 1 fully saturated rings. The maximum atomic E-state index is 11.0. The molecule has 1 aromatic carbocycles. The first-order valence-corrected chi connectivity index (χ1v) is 11.3. The van der Waals surface area contributed by atoms with Gasteiger partial charge >= 0.3 is 0 Å². The SMILES string of the molecule is CC#C[C@@]1(O)CC[C@@]2(CCCC)c3ccc(OCc4cnccn4)cc3CC[C@@H]2C1. The fourth-order valence-corrected chi connectivity index (χ4v) is 5.62. The van der Waals surface area contributed by atoms with Gasteiger partial charge in [-0.05, 0) is 80.0 Å². The van der Waals surface area contributed by atoms with Crippen molar-refractivity contribution in [2.24, 2.45) is 5.92 Å². The van der Waals surface area contributed by atoms with Crippen LogP contribution in [0.1, 0.15) is 75.6 Å². The standard InChI is InChI=1S/C26H32N2O2/c1-3-5-11-26-13-12-25(29,10-4-2)17-21(26)7-6-20-16-23(8-9-24(20)26)30-19-22-18-27-14-15-28-22/h8-9,14-16,18,21,29H,3,5-7,11-13,17,19H2,1-2H3/t21-,25-,26-/m1/s1. The van der Waals surface area contributed by atoms with Crippen molar-refractivity contribution in [2.75, 3.05) is 0 Å². The number of fused-ring (bicyclic) bond motifs is 3. The summed E-state index contributed by atoms with van der Waals surface area (Å²) in [6.45, 7) is 4.52. The Morgan fingerprint density at radius 1 is 1.27 bits per heavy atom. The summed E-state index contributed by atoms with van der Waals surface area (Å²) in [7, 11) is 0. The van der Waals surface area contributed by atoms with E-state index in [0.29, 0.717) is 12.5 Å². The van der Waals surface area contributed by atoms with Gasteiger partial charge in [-0.25, -0.2) is 0 Å². The number of unbranched alkanes of at least 4 members (excludes halogenated alkanes) is 1. The molecular weight excluding hydrogens is 372 g/mol. The fourth-order valence-electron chi connectivity index (χ4n) is 5.62. The summed E-state index contributed by atoms with van der Waals surface area (Å²) in [4.78, 5) is 8.39. The molecule has 1 heterocycles. The summed E-state index contributed by atoms with van der Waals surface area (Å²) >= 11 is 0. The Balaban J connectivity index is 1.59. The fraction of sp³-hybridized carbons (Fsp3) is 0.538. The van der Waals surface area contributed by atoms with E-state index < -0.39 is 5.60 Å². The van der Waals surface area contributed by atoms with E-state index in [1.54, 1.807) is 18.6 Å². The number of ether oxygens (including phenoxy) is 1. The highest BCUT2D eigenvalue weighted by molar-refractivity contribution is 5.44. The average Bonchev–Trinajstić information content (AvgIpc) is 2.77. The van der Waals surface area contributed by atoms with Gasteiger partial charge in [0.2, 0.25) is 0 Å². The van der Waals surface area contributed by atoms with E-state index in [1.807, 2.05) is 6.92 Å². The maximum Gasteiger partial charge on any atom is 0.132 e. The quantitative estimate of drug-likeness (QED) is 0.690. The van der Waals surface area contributed by atoms with Crippen molar-refractivity contribution in [2.45, 2.75) is 82.8 Å². The lowest BCUT2D eigenvalue weighted by Crippen LogP contribution is -2.49. The minimum Gasteiger partial charge on any atom is -0.487 e. The first kappa shape index (κ1) is 20.9. The molecule has 1 N–H and O–H groups in total. The smallest absolute Gasteiger partial charge is 0.132 e. The Morgan fingerprint density at radius 3 is 2.93 bits per heavy atom. The van der Waals surface area contributed by atoms with Gasteiger partial charge < -0.3 is 9.84 Å². The zero-order valence-corrected chi connectivity index (χ0v) is 18.2. The van der Waals surface area contributed by atoms with Crippen molar-refractivity contribution >= 4 is 0 Å². The van der Waals surface area contributed by atoms with Gasteiger partial charge in [0.05, 0.1) is 11.9 Å². The Morgan fingerprint density at radius 2 is 2.17 bits per heavy atom. The van der Waals surface area contributed by atoms with E-state index in [-0.39, 0.29) is 5.41 Å². The number of aliphatic hydroxyl groups is 1. The van der Waals surface area contributed by atoms with Crippen molar-refractivity contribution < 1.29 is 9.84 Å². The van der Waals surface area contributed by atoms with Crippen LogP contribution in [0.25, 0.3) is 0 Å². The zero-order chi connectivity index (χ0) is 21.0. The monoisotopic (exact) mass is 404 g/mol. The van der Waals surface area contributed by atoms with Gasteiger partial charge in [-0.2, -0.15) is 0 Å². The predicted molar refractivity (Wildman–Crippen MR) is 118 cm³/mol. The van der Waals surface area contributed by atoms with Crippen LogP contribution in [0.5, 0.6) is 5.75 Å². The number of hydrogen-bond donors (Lipinski definition) is 1. The third kappa shape index (κ3) is 4.09. The lowest BCUT2D eigenvalue weighted by Gasteiger charge is -2.52. The highest BCUT2D eigenvalue weighted by Crippen LogP contribution is 2.55. The van der Waals surface area contributed by atoms with Crippen LogP contribution >= 0.6 is 0 Å². The highest BCUT2D eigenvalue weighted by Gasteiger charge is 2.50. The number of rotatable bonds is 6. The summed E-state index contributed by atoms with van der Waals surface area (Å²) in [5.41, 5.74) is 3.07. The van der Waals surface area contributed by atoms with E-state index in [0.717, 1.165) is 43.5 Å². The van der Waals surface area contributed by atoms with Gasteiger partial charge in [0.1, 0.15) is 18.0 Å². The molecule has 0 radical (unpaired) electrons. The van der Waals surface area contributed by atoms with E-state index in [1.165, 1.54) is 30.4 Å². The van der Waals surface area contributed by atoms with E-state index in [9.17, 15) is 5.11 Å². The Bertz CT molecular complexity index is 933. The number of aryl methyl sites for hydroxylation is 1. The number of hydrogen-bond acceptors (Lipinski definition) is 4. The second-order valence-corrected chi connectivity index (χ2v) is 8.91. The number of aromatic nitrogens is 2. The third-order valence-electron chi connectivity index (χ3n) is 7.06. The van der Waals surface area contributed by atoms with Gasteiger partial charge in [0, 0.05) is 12.4 Å². The maximum absolute atomic E-state index is 11.0. The van der Waals surface area contributed by atoms with Crippen molar-refractivity contribution in [3.05, 3.63) is 53.6 Å². The molecular formula is C26H32N2O2. The Kier molecular flexibility index (Phi) is 6.11. The molecule has 4 rings (SSSR count). The molecule has 3 atom stereocenters. The molecule has 2 aliphatic carbocycles. The summed E-state index contributed by atoms with van der Waals surface area (Å²) in [5.74, 6) is 7.45. The normalized spacial score (nSPS) is 27.4. The minimum atomic E-state index is -0.813. The average molecular weight is 405 g/mol. The molecule has 0 aliphatic heterocycles. The van der Waals surface area contributed by atoms with Crippen LogP contribution in [0.4, 0.5) is 0 Å². The summed E-state index contributed by atoms with van der Waals surface area (Å²) in [5, 5.41) is 11.0. The minimum absolute atomic E-state index is 0.161. The van der Waals surface area contributed by atoms with Crippen LogP contribution in [0, 0.1) is 17.8 Å². The summed E-state index contributed by atoms with van der Waals surface area (Å²) in [6, 6.07) is 6.62. The third-order valence-corrected chi connectivity index (χ3v) is 7.06. The first-order chi connectivity index (χ1) is 14.6. The molecule has 0 amide bonds. The summed E-state index contributed by atoms with van der Waals surface area (Å²) in [6.07, 6.45) is 13.4. The topological polar surface area (TPSA) is 55.2 Å². The van der Waals surface area contributed by atoms with Gasteiger partial charge in [-0.1, -0.05) is 31.8 Å². The van der Waals surface area contributed by atoms with E-state index >= 15 is 0 Å².